The minimum absolute atomic E-state index is 0.0394. The molecule has 1 saturated heterocycles. The Morgan fingerprint density at radius 2 is 1.94 bits per heavy atom. The van der Waals surface area contributed by atoms with Gasteiger partial charge in [0.1, 0.15) is 12.3 Å². The number of nitrogens with one attached hydrogen (secondary N) is 1. The summed E-state index contributed by atoms with van der Waals surface area (Å²) in [5, 5.41) is 2.94. The first-order valence-corrected chi connectivity index (χ1v) is 10.8. The second kappa shape index (κ2) is 10.4. The molecule has 0 bridgehead atoms. The zero-order valence-corrected chi connectivity index (χ0v) is 18.9. The Bertz CT molecular complexity index is 935. The van der Waals surface area contributed by atoms with E-state index in [1.165, 1.54) is 0 Å². The van der Waals surface area contributed by atoms with Gasteiger partial charge in [-0.3, -0.25) is 9.59 Å². The van der Waals surface area contributed by atoms with E-state index < -0.39 is 0 Å². The number of benzene rings is 2. The molecule has 0 spiro atoms. The van der Waals surface area contributed by atoms with Crippen molar-refractivity contribution in [2.24, 2.45) is 0 Å². The quantitative estimate of drug-likeness (QED) is 0.697. The molecule has 1 heterocycles. The maximum absolute atomic E-state index is 13.0. The van der Waals surface area contributed by atoms with E-state index in [0.29, 0.717) is 18.9 Å². The molecule has 0 radical (unpaired) electrons. The predicted molar refractivity (Wildman–Crippen MR) is 122 cm³/mol. The molecule has 31 heavy (non-hydrogen) atoms. The van der Waals surface area contributed by atoms with Crippen LogP contribution in [0.2, 0.25) is 0 Å². The third-order valence-corrected chi connectivity index (χ3v) is 5.71. The number of hydrogen-bond acceptors (Lipinski definition) is 4. The van der Waals surface area contributed by atoms with Crippen LogP contribution < -0.4 is 10.1 Å². The van der Waals surface area contributed by atoms with Crippen LogP contribution in [0.4, 0.5) is 5.69 Å². The van der Waals surface area contributed by atoms with Crippen molar-refractivity contribution in [1.29, 1.82) is 0 Å². The van der Waals surface area contributed by atoms with E-state index in [1.807, 2.05) is 64.1 Å². The molecular weight excluding hydrogens is 392 g/mol. The van der Waals surface area contributed by atoms with Gasteiger partial charge in [-0.1, -0.05) is 24.3 Å². The van der Waals surface area contributed by atoms with Crippen LogP contribution in [0.25, 0.3) is 0 Å². The van der Waals surface area contributed by atoms with Crippen LogP contribution >= 0.6 is 0 Å². The van der Waals surface area contributed by atoms with Crippen molar-refractivity contribution in [3.8, 4) is 5.75 Å². The van der Waals surface area contributed by atoms with Crippen molar-refractivity contribution >= 4 is 17.5 Å². The van der Waals surface area contributed by atoms with Gasteiger partial charge in [0.2, 0.25) is 5.91 Å². The summed E-state index contributed by atoms with van der Waals surface area (Å²) in [7, 11) is 0. The fourth-order valence-electron chi connectivity index (χ4n) is 3.63. The highest BCUT2D eigenvalue weighted by Gasteiger charge is 2.25. The predicted octanol–water partition coefficient (Wildman–Crippen LogP) is 3.95. The normalized spacial score (nSPS) is 15.5. The second-order valence-electron chi connectivity index (χ2n) is 8.26. The number of anilines is 1. The highest BCUT2D eigenvalue weighted by atomic mass is 16.5. The van der Waals surface area contributed by atoms with E-state index in [9.17, 15) is 9.59 Å². The Morgan fingerprint density at radius 3 is 2.68 bits per heavy atom. The number of amides is 2. The molecule has 6 heteroatoms. The summed E-state index contributed by atoms with van der Waals surface area (Å²) in [5.74, 6) is 0.226. The van der Waals surface area contributed by atoms with Gasteiger partial charge in [0.15, 0.2) is 6.61 Å². The number of aryl methyl sites for hydroxylation is 3. The van der Waals surface area contributed by atoms with E-state index >= 15 is 0 Å². The van der Waals surface area contributed by atoms with E-state index in [2.05, 4.69) is 5.32 Å². The summed E-state index contributed by atoms with van der Waals surface area (Å²) in [6, 6.07) is 11.7. The van der Waals surface area contributed by atoms with Gasteiger partial charge in [0.05, 0.1) is 6.10 Å². The zero-order chi connectivity index (χ0) is 22.4. The Hall–Kier alpha value is -2.86. The summed E-state index contributed by atoms with van der Waals surface area (Å²) in [6.07, 6.45) is 1.82. The van der Waals surface area contributed by atoms with Gasteiger partial charge in [0.25, 0.3) is 5.91 Å². The Morgan fingerprint density at radius 1 is 1.13 bits per heavy atom. The molecule has 1 fully saturated rings. The second-order valence-corrected chi connectivity index (χ2v) is 8.26. The number of hydrogen-bond donors (Lipinski definition) is 1. The number of carbonyl (C=O) groups excluding carboxylic acids is 2. The molecule has 166 valence electrons. The van der Waals surface area contributed by atoms with Gasteiger partial charge in [-0.15, -0.1) is 0 Å². The smallest absolute Gasteiger partial charge is 0.261 e. The monoisotopic (exact) mass is 424 g/mol. The Labute approximate surface area is 184 Å². The molecule has 0 aromatic heterocycles. The fourth-order valence-corrected chi connectivity index (χ4v) is 3.63. The lowest BCUT2D eigenvalue weighted by atomic mass is 10.1. The molecule has 1 atom stereocenters. The molecule has 0 unspecified atom stereocenters. The maximum Gasteiger partial charge on any atom is 0.261 e. The topological polar surface area (TPSA) is 67.9 Å². The van der Waals surface area contributed by atoms with Gasteiger partial charge in [-0.2, -0.15) is 0 Å². The number of ether oxygens (including phenoxy) is 2. The lowest BCUT2D eigenvalue weighted by molar-refractivity contribution is -0.138. The minimum Gasteiger partial charge on any atom is -0.483 e. The minimum atomic E-state index is -0.230. The third kappa shape index (κ3) is 6.31. The van der Waals surface area contributed by atoms with Gasteiger partial charge in [0, 0.05) is 18.8 Å². The lowest BCUT2D eigenvalue weighted by Gasteiger charge is -2.25. The Kier molecular flexibility index (Phi) is 7.69. The molecule has 2 aromatic carbocycles. The lowest BCUT2D eigenvalue weighted by Crippen LogP contribution is -2.44. The third-order valence-electron chi connectivity index (χ3n) is 5.71. The highest BCUT2D eigenvalue weighted by Crippen LogP contribution is 2.20. The van der Waals surface area contributed by atoms with Crippen molar-refractivity contribution in [2.75, 3.05) is 31.6 Å². The summed E-state index contributed by atoms with van der Waals surface area (Å²) in [5.41, 5.74) is 4.92. The molecule has 2 aromatic rings. The summed E-state index contributed by atoms with van der Waals surface area (Å²) in [6.45, 7) is 8.82. The van der Waals surface area contributed by atoms with Crippen LogP contribution in [-0.2, 0) is 14.3 Å². The highest BCUT2D eigenvalue weighted by molar-refractivity contribution is 5.95. The van der Waals surface area contributed by atoms with Crippen molar-refractivity contribution in [1.82, 2.24) is 4.90 Å². The van der Waals surface area contributed by atoms with E-state index in [4.69, 9.17) is 9.47 Å². The largest absolute Gasteiger partial charge is 0.483 e. The number of rotatable bonds is 8. The van der Waals surface area contributed by atoms with Crippen molar-refractivity contribution in [2.45, 2.75) is 46.6 Å². The van der Waals surface area contributed by atoms with Crippen molar-refractivity contribution in [3.05, 3.63) is 58.7 Å². The first kappa shape index (κ1) is 22.8. The summed E-state index contributed by atoms with van der Waals surface area (Å²) < 4.78 is 11.5. The first-order chi connectivity index (χ1) is 14.8. The average molecular weight is 425 g/mol. The van der Waals surface area contributed by atoms with E-state index in [-0.39, 0.29) is 31.1 Å². The Balaban J connectivity index is 1.66. The fraction of sp³-hybridized carbons (Fsp3) is 0.440. The van der Waals surface area contributed by atoms with Crippen molar-refractivity contribution < 1.29 is 19.1 Å². The van der Waals surface area contributed by atoms with Gasteiger partial charge >= 0.3 is 0 Å². The van der Waals surface area contributed by atoms with Crippen LogP contribution in [0.5, 0.6) is 5.75 Å². The molecular formula is C25H32N2O4. The molecule has 0 saturated carbocycles. The molecule has 1 N–H and O–H groups in total. The van der Waals surface area contributed by atoms with Gasteiger partial charge < -0.3 is 19.7 Å². The molecule has 2 amide bonds. The molecule has 0 aliphatic carbocycles. The SMILES string of the molecule is Cc1ccc(C)c(OCC(=O)N(CC(=O)Nc2cccc(C)c2C)C[C@H]2CCCO2)c1. The molecule has 6 nitrogen and oxygen atoms in total. The maximum atomic E-state index is 13.0. The standard InChI is InChI=1S/C25H32N2O4/c1-17-10-11-19(3)23(13-17)31-16-25(29)27(14-21-8-6-12-30-21)15-24(28)26-22-9-5-7-18(2)20(22)4/h5,7,9-11,13,21H,6,8,12,14-16H2,1-4H3,(H,26,28)/t21-/m1/s1. The van der Waals surface area contributed by atoms with Crippen LogP contribution in [0.1, 0.15) is 35.1 Å². The molecule has 3 rings (SSSR count). The van der Waals surface area contributed by atoms with Crippen LogP contribution in [-0.4, -0.2) is 49.1 Å². The summed E-state index contributed by atoms with van der Waals surface area (Å²) >= 11 is 0. The van der Waals surface area contributed by atoms with Gasteiger partial charge in [-0.25, -0.2) is 0 Å². The molecule has 1 aliphatic heterocycles. The average Bonchev–Trinajstić information content (AvgIpc) is 3.24. The summed E-state index contributed by atoms with van der Waals surface area (Å²) in [4.78, 5) is 27.3. The first-order valence-electron chi connectivity index (χ1n) is 10.8. The number of nitrogens with zero attached hydrogens (tertiary/aromatic N) is 1. The van der Waals surface area contributed by atoms with Gasteiger partial charge in [-0.05, 0) is 74.9 Å². The van der Waals surface area contributed by atoms with Crippen LogP contribution in [0.15, 0.2) is 36.4 Å². The zero-order valence-electron chi connectivity index (χ0n) is 18.9. The molecule has 1 aliphatic rings. The van der Waals surface area contributed by atoms with Crippen LogP contribution in [0, 0.1) is 27.7 Å². The number of carbonyl (C=O) groups is 2. The van der Waals surface area contributed by atoms with Crippen molar-refractivity contribution in [3.63, 3.8) is 0 Å². The van der Waals surface area contributed by atoms with E-state index in [1.54, 1.807) is 4.90 Å². The van der Waals surface area contributed by atoms with Crippen LogP contribution in [0.3, 0.4) is 0 Å². The van der Waals surface area contributed by atoms with E-state index in [0.717, 1.165) is 40.8 Å².